The molecule has 0 spiro atoms. The quantitative estimate of drug-likeness (QED) is 0.843. The summed E-state index contributed by atoms with van der Waals surface area (Å²) < 4.78 is 5.24. The van der Waals surface area contributed by atoms with Crippen molar-refractivity contribution < 1.29 is 4.74 Å². The van der Waals surface area contributed by atoms with E-state index in [2.05, 4.69) is 15.5 Å². The van der Waals surface area contributed by atoms with E-state index in [1.54, 1.807) is 6.20 Å². The Bertz CT molecular complexity index is 556. The predicted octanol–water partition coefficient (Wildman–Crippen LogP) is 2.23. The van der Waals surface area contributed by atoms with Gasteiger partial charge in [-0.15, -0.1) is 0 Å². The molecule has 0 atom stereocenters. The molecule has 0 amide bonds. The highest BCUT2D eigenvalue weighted by atomic mass is 16.5. The van der Waals surface area contributed by atoms with E-state index in [0.717, 1.165) is 16.9 Å². The summed E-state index contributed by atoms with van der Waals surface area (Å²) in [5.41, 5.74) is 3.13. The number of hydrogen-bond acceptors (Lipinski definition) is 4. The monoisotopic (exact) mass is 242 g/mol. The fourth-order valence-electron chi connectivity index (χ4n) is 1.56. The van der Waals surface area contributed by atoms with E-state index < -0.39 is 0 Å². The highest BCUT2D eigenvalue weighted by molar-refractivity contribution is 5.48. The van der Waals surface area contributed by atoms with E-state index >= 15 is 0 Å². The first-order valence-corrected chi connectivity index (χ1v) is 5.62. The average molecular weight is 242 g/mol. The van der Waals surface area contributed by atoms with E-state index in [9.17, 15) is 0 Å². The normalized spacial score (nSPS) is 9.78. The smallest absolute Gasteiger partial charge is 0.174 e. The van der Waals surface area contributed by atoms with Crippen molar-refractivity contribution in [3.8, 4) is 11.8 Å². The average Bonchev–Trinajstić information content (AvgIpc) is 2.80. The van der Waals surface area contributed by atoms with Crippen LogP contribution in [-0.4, -0.2) is 16.8 Å². The third-order valence-electron chi connectivity index (χ3n) is 2.55. The Balaban J connectivity index is 1.97. The Labute approximate surface area is 105 Å². The van der Waals surface area contributed by atoms with Crippen LogP contribution in [0.1, 0.15) is 11.3 Å². The molecule has 0 unspecified atom stereocenters. The Morgan fingerprint density at radius 1 is 1.50 bits per heavy atom. The number of nitriles is 1. The van der Waals surface area contributed by atoms with Crippen LogP contribution in [0.25, 0.3) is 0 Å². The largest absolute Gasteiger partial charge is 0.479 e. The van der Waals surface area contributed by atoms with Crippen LogP contribution in [0.5, 0.6) is 5.75 Å². The first-order chi connectivity index (χ1) is 8.79. The Morgan fingerprint density at radius 3 is 3.11 bits per heavy atom. The number of anilines is 1. The predicted molar refractivity (Wildman–Crippen MR) is 68.2 cm³/mol. The van der Waals surface area contributed by atoms with Crippen molar-refractivity contribution in [2.45, 2.75) is 13.5 Å². The minimum Gasteiger partial charge on any atom is -0.479 e. The number of aryl methyl sites for hydroxylation is 1. The lowest BCUT2D eigenvalue weighted by molar-refractivity contribution is 0.368. The van der Waals surface area contributed by atoms with Gasteiger partial charge in [-0.3, -0.25) is 5.10 Å². The van der Waals surface area contributed by atoms with Gasteiger partial charge in [0.15, 0.2) is 6.61 Å². The zero-order chi connectivity index (χ0) is 12.8. The van der Waals surface area contributed by atoms with Crippen LogP contribution in [-0.2, 0) is 6.54 Å². The van der Waals surface area contributed by atoms with Gasteiger partial charge in [0.25, 0.3) is 0 Å². The van der Waals surface area contributed by atoms with Crippen LogP contribution >= 0.6 is 0 Å². The molecule has 0 saturated heterocycles. The van der Waals surface area contributed by atoms with E-state index in [1.807, 2.05) is 37.3 Å². The van der Waals surface area contributed by atoms with Gasteiger partial charge < -0.3 is 10.1 Å². The van der Waals surface area contributed by atoms with Gasteiger partial charge >= 0.3 is 0 Å². The zero-order valence-corrected chi connectivity index (χ0v) is 10.1. The molecule has 1 aromatic heterocycles. The van der Waals surface area contributed by atoms with Crippen molar-refractivity contribution in [3.63, 3.8) is 0 Å². The fraction of sp³-hybridized carbons (Fsp3) is 0.231. The van der Waals surface area contributed by atoms with Gasteiger partial charge in [-0.1, -0.05) is 6.07 Å². The van der Waals surface area contributed by atoms with Gasteiger partial charge in [-0.05, 0) is 19.1 Å². The molecule has 0 aliphatic heterocycles. The van der Waals surface area contributed by atoms with Crippen molar-refractivity contribution >= 4 is 5.69 Å². The minimum atomic E-state index is 0.0598. The van der Waals surface area contributed by atoms with E-state index in [4.69, 9.17) is 10.00 Å². The first kappa shape index (κ1) is 12.0. The lowest BCUT2D eigenvalue weighted by Gasteiger charge is -2.07. The summed E-state index contributed by atoms with van der Waals surface area (Å²) in [6, 6.07) is 9.47. The molecule has 0 aliphatic rings. The summed E-state index contributed by atoms with van der Waals surface area (Å²) in [4.78, 5) is 0. The number of ether oxygens (including phenoxy) is 1. The van der Waals surface area contributed by atoms with Gasteiger partial charge in [0, 0.05) is 29.6 Å². The molecule has 92 valence electrons. The van der Waals surface area contributed by atoms with Crippen LogP contribution in [0.15, 0.2) is 30.5 Å². The molecule has 0 aliphatic carbocycles. The summed E-state index contributed by atoms with van der Waals surface area (Å²) in [6.45, 7) is 2.74. The molecular weight excluding hydrogens is 228 g/mol. The van der Waals surface area contributed by atoms with Crippen molar-refractivity contribution in [1.82, 2.24) is 10.2 Å². The van der Waals surface area contributed by atoms with Gasteiger partial charge in [-0.2, -0.15) is 10.4 Å². The highest BCUT2D eigenvalue weighted by Gasteiger charge is 2.01. The van der Waals surface area contributed by atoms with Gasteiger partial charge in [0.1, 0.15) is 11.8 Å². The van der Waals surface area contributed by atoms with Gasteiger partial charge in [-0.25, -0.2) is 0 Å². The SMILES string of the molecule is Cc1[nH]ncc1CNc1cccc(OCC#N)c1. The lowest BCUT2D eigenvalue weighted by atomic mass is 10.2. The van der Waals surface area contributed by atoms with Crippen molar-refractivity contribution in [3.05, 3.63) is 41.7 Å². The molecule has 5 heteroatoms. The highest BCUT2D eigenvalue weighted by Crippen LogP contribution is 2.18. The standard InChI is InChI=1S/C13H14N4O/c1-10-11(9-16-17-10)8-15-12-3-2-4-13(7-12)18-6-5-14/h2-4,7,9,15H,6,8H2,1H3,(H,16,17). The second kappa shape index (κ2) is 5.73. The molecular formula is C13H14N4O. The van der Waals surface area contributed by atoms with E-state index in [0.29, 0.717) is 12.3 Å². The number of benzene rings is 1. The molecule has 0 bridgehead atoms. The Morgan fingerprint density at radius 2 is 2.39 bits per heavy atom. The number of rotatable bonds is 5. The third-order valence-corrected chi connectivity index (χ3v) is 2.55. The van der Waals surface area contributed by atoms with E-state index in [1.165, 1.54) is 0 Å². The maximum Gasteiger partial charge on any atom is 0.174 e. The van der Waals surface area contributed by atoms with Crippen LogP contribution in [0.4, 0.5) is 5.69 Å². The number of aromatic amines is 1. The second-order valence-electron chi connectivity index (χ2n) is 3.85. The van der Waals surface area contributed by atoms with Crippen LogP contribution in [0, 0.1) is 18.3 Å². The molecule has 0 fully saturated rings. The summed E-state index contributed by atoms with van der Waals surface area (Å²) in [5.74, 6) is 0.686. The van der Waals surface area contributed by atoms with Gasteiger partial charge in [0.2, 0.25) is 0 Å². The topological polar surface area (TPSA) is 73.7 Å². The summed E-state index contributed by atoms with van der Waals surface area (Å²) >= 11 is 0. The van der Waals surface area contributed by atoms with Crippen molar-refractivity contribution in [2.24, 2.45) is 0 Å². The van der Waals surface area contributed by atoms with E-state index in [-0.39, 0.29) is 6.61 Å². The number of nitrogens with zero attached hydrogens (tertiary/aromatic N) is 2. The molecule has 0 saturated carbocycles. The molecule has 18 heavy (non-hydrogen) atoms. The van der Waals surface area contributed by atoms with Gasteiger partial charge in [0.05, 0.1) is 6.20 Å². The minimum absolute atomic E-state index is 0.0598. The first-order valence-electron chi connectivity index (χ1n) is 5.62. The molecule has 2 rings (SSSR count). The maximum absolute atomic E-state index is 8.45. The second-order valence-corrected chi connectivity index (χ2v) is 3.85. The number of hydrogen-bond donors (Lipinski definition) is 2. The molecule has 2 aromatic rings. The molecule has 2 N–H and O–H groups in total. The molecule has 0 radical (unpaired) electrons. The summed E-state index contributed by atoms with van der Waals surface area (Å²) in [6.07, 6.45) is 1.80. The summed E-state index contributed by atoms with van der Waals surface area (Å²) in [7, 11) is 0. The number of H-pyrrole nitrogens is 1. The maximum atomic E-state index is 8.45. The van der Waals surface area contributed by atoms with Crippen LogP contribution in [0.3, 0.4) is 0 Å². The number of aromatic nitrogens is 2. The molecule has 5 nitrogen and oxygen atoms in total. The molecule has 1 aromatic carbocycles. The van der Waals surface area contributed by atoms with Crippen LogP contribution < -0.4 is 10.1 Å². The van der Waals surface area contributed by atoms with Crippen molar-refractivity contribution in [2.75, 3.05) is 11.9 Å². The van der Waals surface area contributed by atoms with Crippen LogP contribution in [0.2, 0.25) is 0 Å². The zero-order valence-electron chi connectivity index (χ0n) is 10.1. The number of nitrogens with one attached hydrogen (secondary N) is 2. The Kier molecular flexibility index (Phi) is 3.82. The lowest BCUT2D eigenvalue weighted by Crippen LogP contribution is -2.00. The summed E-state index contributed by atoms with van der Waals surface area (Å²) in [5, 5.41) is 18.6. The fourth-order valence-corrected chi connectivity index (χ4v) is 1.56. The van der Waals surface area contributed by atoms with Crippen molar-refractivity contribution in [1.29, 1.82) is 5.26 Å². The molecule has 1 heterocycles. The third kappa shape index (κ3) is 3.01. The Hall–Kier alpha value is -2.48.